The van der Waals surface area contributed by atoms with E-state index in [2.05, 4.69) is 19.4 Å². The summed E-state index contributed by atoms with van der Waals surface area (Å²) in [6, 6.07) is 15.3. The van der Waals surface area contributed by atoms with Crippen LogP contribution in [0, 0.1) is 0 Å². The molecule has 2 aromatic carbocycles. The van der Waals surface area contributed by atoms with Gasteiger partial charge in [0, 0.05) is 0 Å². The largest absolute Gasteiger partial charge is 0.343 e. The van der Waals surface area contributed by atoms with Crippen molar-refractivity contribution in [3.8, 4) is 0 Å². The van der Waals surface area contributed by atoms with Gasteiger partial charge in [0.25, 0.3) is 0 Å². The van der Waals surface area contributed by atoms with Crippen LogP contribution in [0.4, 0.5) is 0 Å². The minimum Gasteiger partial charge on any atom is -0.343 e. The van der Waals surface area contributed by atoms with Crippen LogP contribution >= 0.6 is 23.2 Å². The summed E-state index contributed by atoms with van der Waals surface area (Å²) >= 11 is 11.9. The zero-order valence-electron chi connectivity index (χ0n) is 13.3. The van der Waals surface area contributed by atoms with Gasteiger partial charge in [0.05, 0.1) is 30.6 Å². The highest BCUT2D eigenvalue weighted by Gasteiger charge is 2.17. The lowest BCUT2D eigenvalue weighted by molar-refractivity contribution is -0.860. The Kier molecular flexibility index (Phi) is 6.46. The standard InChI is InChI=1S/C18H20Cl2N2O/c1-22(2)12-17(14-6-4-3-5-7-14)21-18(23)11-13-8-9-15(19)16(20)10-13/h3-10,17H,11-12H2,1-2H3,(H,21,23)/p+1/t17-/m0/s1. The lowest BCUT2D eigenvalue weighted by Crippen LogP contribution is -3.06. The molecule has 5 heteroatoms. The molecule has 0 unspecified atom stereocenters. The number of hydrogen-bond acceptors (Lipinski definition) is 1. The zero-order chi connectivity index (χ0) is 16.8. The highest BCUT2D eigenvalue weighted by molar-refractivity contribution is 6.42. The Hall–Kier alpha value is -1.55. The monoisotopic (exact) mass is 351 g/mol. The summed E-state index contributed by atoms with van der Waals surface area (Å²) in [5.74, 6) is -0.0292. The van der Waals surface area contributed by atoms with Crippen molar-refractivity contribution in [2.75, 3.05) is 20.6 Å². The third kappa shape index (κ3) is 5.54. The van der Waals surface area contributed by atoms with Gasteiger partial charge in [-0.05, 0) is 23.3 Å². The van der Waals surface area contributed by atoms with Crippen molar-refractivity contribution < 1.29 is 9.69 Å². The number of hydrogen-bond donors (Lipinski definition) is 2. The number of benzene rings is 2. The molecule has 2 rings (SSSR count). The second-order valence-corrected chi connectivity index (χ2v) is 6.68. The molecule has 122 valence electrons. The number of quaternary nitrogens is 1. The molecule has 0 aromatic heterocycles. The molecule has 3 nitrogen and oxygen atoms in total. The summed E-state index contributed by atoms with van der Waals surface area (Å²) in [7, 11) is 4.14. The van der Waals surface area contributed by atoms with Crippen molar-refractivity contribution in [2.24, 2.45) is 0 Å². The van der Waals surface area contributed by atoms with Crippen LogP contribution in [-0.2, 0) is 11.2 Å². The fraction of sp³-hybridized carbons (Fsp3) is 0.278. The first-order valence-electron chi connectivity index (χ1n) is 7.53. The Morgan fingerprint density at radius 2 is 1.78 bits per heavy atom. The van der Waals surface area contributed by atoms with Crippen LogP contribution in [0.2, 0.25) is 10.0 Å². The first-order valence-corrected chi connectivity index (χ1v) is 8.28. The van der Waals surface area contributed by atoms with Crippen molar-refractivity contribution in [1.29, 1.82) is 0 Å². The summed E-state index contributed by atoms with van der Waals surface area (Å²) in [6.45, 7) is 0.817. The van der Waals surface area contributed by atoms with E-state index < -0.39 is 0 Å². The second kappa shape index (κ2) is 8.34. The lowest BCUT2D eigenvalue weighted by atomic mass is 10.1. The Labute approximate surface area is 147 Å². The van der Waals surface area contributed by atoms with Gasteiger partial charge >= 0.3 is 0 Å². The first kappa shape index (κ1) is 17.8. The Bertz CT molecular complexity index is 659. The Morgan fingerprint density at radius 3 is 2.39 bits per heavy atom. The second-order valence-electron chi connectivity index (χ2n) is 5.87. The molecule has 1 atom stereocenters. The van der Waals surface area contributed by atoms with Gasteiger partial charge in [-0.3, -0.25) is 4.79 Å². The average Bonchev–Trinajstić information content (AvgIpc) is 2.51. The van der Waals surface area contributed by atoms with E-state index in [1.54, 1.807) is 12.1 Å². The van der Waals surface area contributed by atoms with Gasteiger partial charge in [0.1, 0.15) is 12.6 Å². The van der Waals surface area contributed by atoms with Gasteiger partial charge in [0.2, 0.25) is 5.91 Å². The molecule has 2 aromatic rings. The summed E-state index contributed by atoms with van der Waals surface area (Å²) in [4.78, 5) is 13.6. The molecule has 0 aliphatic carbocycles. The molecule has 0 bridgehead atoms. The van der Waals surface area contributed by atoms with Gasteiger partial charge in [-0.25, -0.2) is 0 Å². The molecule has 23 heavy (non-hydrogen) atoms. The molecule has 0 aliphatic rings. The number of amides is 1. The number of carbonyl (C=O) groups excluding carboxylic acids is 1. The van der Waals surface area contributed by atoms with Crippen molar-refractivity contribution in [1.82, 2.24) is 5.32 Å². The maximum absolute atomic E-state index is 12.4. The number of likely N-dealkylation sites (N-methyl/N-ethyl adjacent to an activating group) is 1. The van der Waals surface area contributed by atoms with Crippen LogP contribution in [0.1, 0.15) is 17.2 Å². The fourth-order valence-corrected chi connectivity index (χ4v) is 2.75. The molecule has 0 saturated heterocycles. The molecule has 0 heterocycles. The topological polar surface area (TPSA) is 33.5 Å². The molecule has 0 aliphatic heterocycles. The number of carbonyl (C=O) groups is 1. The summed E-state index contributed by atoms with van der Waals surface area (Å²) in [5.41, 5.74) is 1.96. The van der Waals surface area contributed by atoms with E-state index in [4.69, 9.17) is 23.2 Å². The predicted octanol–water partition coefficient (Wildman–Crippen LogP) is 2.54. The Balaban J connectivity index is 2.06. The number of halogens is 2. The lowest BCUT2D eigenvalue weighted by Gasteiger charge is -2.21. The van der Waals surface area contributed by atoms with Crippen molar-refractivity contribution in [3.63, 3.8) is 0 Å². The minimum absolute atomic E-state index is 0.0172. The van der Waals surface area contributed by atoms with Crippen LogP contribution in [0.15, 0.2) is 48.5 Å². The summed E-state index contributed by atoms with van der Waals surface area (Å²) in [6.07, 6.45) is 0.281. The molecular weight excluding hydrogens is 331 g/mol. The van der Waals surface area contributed by atoms with Crippen LogP contribution in [0.5, 0.6) is 0 Å². The molecule has 0 saturated carbocycles. The maximum Gasteiger partial charge on any atom is 0.225 e. The van der Waals surface area contributed by atoms with Gasteiger partial charge in [-0.15, -0.1) is 0 Å². The Morgan fingerprint density at radius 1 is 1.09 bits per heavy atom. The van der Waals surface area contributed by atoms with E-state index in [1.807, 2.05) is 36.4 Å². The van der Waals surface area contributed by atoms with E-state index in [1.165, 1.54) is 4.90 Å². The molecule has 2 N–H and O–H groups in total. The average molecular weight is 352 g/mol. The van der Waals surface area contributed by atoms with Crippen molar-refractivity contribution in [3.05, 3.63) is 69.7 Å². The molecule has 1 amide bonds. The minimum atomic E-state index is -0.0292. The summed E-state index contributed by atoms with van der Waals surface area (Å²) in [5, 5.41) is 4.07. The number of rotatable bonds is 6. The van der Waals surface area contributed by atoms with Crippen LogP contribution in [-0.4, -0.2) is 26.5 Å². The van der Waals surface area contributed by atoms with E-state index in [0.29, 0.717) is 10.0 Å². The van der Waals surface area contributed by atoms with E-state index in [0.717, 1.165) is 17.7 Å². The SMILES string of the molecule is C[NH+](C)C[C@H](NC(=O)Cc1ccc(Cl)c(Cl)c1)c1ccccc1. The third-order valence-corrected chi connectivity index (χ3v) is 4.24. The fourth-order valence-electron chi connectivity index (χ4n) is 2.43. The van der Waals surface area contributed by atoms with E-state index in [9.17, 15) is 4.79 Å². The van der Waals surface area contributed by atoms with Crippen molar-refractivity contribution in [2.45, 2.75) is 12.5 Å². The van der Waals surface area contributed by atoms with E-state index in [-0.39, 0.29) is 18.4 Å². The van der Waals surface area contributed by atoms with Gasteiger partial charge in [0.15, 0.2) is 0 Å². The normalized spacial score (nSPS) is 12.2. The van der Waals surface area contributed by atoms with Gasteiger partial charge < -0.3 is 10.2 Å². The molecule has 0 radical (unpaired) electrons. The highest BCUT2D eigenvalue weighted by Crippen LogP contribution is 2.23. The van der Waals surface area contributed by atoms with Crippen LogP contribution in [0.25, 0.3) is 0 Å². The molecule has 0 fully saturated rings. The number of nitrogens with one attached hydrogen (secondary N) is 2. The van der Waals surface area contributed by atoms with Crippen molar-refractivity contribution >= 4 is 29.1 Å². The van der Waals surface area contributed by atoms with Gasteiger partial charge in [-0.2, -0.15) is 0 Å². The predicted molar refractivity (Wildman–Crippen MR) is 95.2 cm³/mol. The summed E-state index contributed by atoms with van der Waals surface area (Å²) < 4.78 is 0. The molecular formula is C18H21Cl2N2O+. The van der Waals surface area contributed by atoms with E-state index >= 15 is 0 Å². The zero-order valence-corrected chi connectivity index (χ0v) is 14.8. The quantitative estimate of drug-likeness (QED) is 0.823. The van der Waals surface area contributed by atoms with Gasteiger partial charge in [-0.1, -0.05) is 59.6 Å². The smallest absolute Gasteiger partial charge is 0.225 e. The van der Waals surface area contributed by atoms with Crippen LogP contribution in [0.3, 0.4) is 0 Å². The first-order chi connectivity index (χ1) is 11.0. The highest BCUT2D eigenvalue weighted by atomic mass is 35.5. The molecule has 0 spiro atoms. The third-order valence-electron chi connectivity index (χ3n) is 3.50. The maximum atomic E-state index is 12.4. The van der Waals surface area contributed by atoms with Crippen LogP contribution < -0.4 is 10.2 Å².